The highest BCUT2D eigenvalue weighted by molar-refractivity contribution is 7.99. The van der Waals surface area contributed by atoms with Gasteiger partial charge in [0, 0.05) is 31.2 Å². The summed E-state index contributed by atoms with van der Waals surface area (Å²) in [4.78, 5) is 12.3. The van der Waals surface area contributed by atoms with Gasteiger partial charge in [0.2, 0.25) is 5.91 Å². The molecule has 1 aliphatic carbocycles. The number of tetrazole rings is 1. The zero-order chi connectivity index (χ0) is 17.4. The van der Waals surface area contributed by atoms with Crippen LogP contribution in [0.5, 0.6) is 0 Å². The predicted molar refractivity (Wildman–Crippen MR) is 97.8 cm³/mol. The Morgan fingerprint density at radius 2 is 2.12 bits per heavy atom. The summed E-state index contributed by atoms with van der Waals surface area (Å²) in [6.07, 6.45) is 8.67. The molecule has 1 saturated carbocycles. The number of nitrogens with one attached hydrogen (secondary N) is 1. The largest absolute Gasteiger partial charge is 0.353 e. The lowest BCUT2D eigenvalue weighted by Gasteiger charge is -2.24. The molecule has 1 aliphatic rings. The van der Waals surface area contributed by atoms with Gasteiger partial charge in [0.15, 0.2) is 5.82 Å². The fourth-order valence-electron chi connectivity index (χ4n) is 3.15. The SMILES string of the molecule is CCC(CC(=O)NC1CCCCC1)SCC(C)Cc1nnnn1C. The number of thioether (sulfide) groups is 1. The van der Waals surface area contributed by atoms with Gasteiger partial charge in [-0.2, -0.15) is 11.8 Å². The van der Waals surface area contributed by atoms with Gasteiger partial charge in [0.05, 0.1) is 0 Å². The molecule has 6 nitrogen and oxygen atoms in total. The molecule has 0 bridgehead atoms. The normalized spacial score (nSPS) is 18.3. The summed E-state index contributed by atoms with van der Waals surface area (Å²) in [6.45, 7) is 4.39. The summed E-state index contributed by atoms with van der Waals surface area (Å²) in [5, 5.41) is 15.2. The van der Waals surface area contributed by atoms with Crippen molar-refractivity contribution in [2.24, 2.45) is 13.0 Å². The summed E-state index contributed by atoms with van der Waals surface area (Å²) in [5.41, 5.74) is 0. The molecule has 1 aromatic heterocycles. The Hall–Kier alpha value is -1.11. The Morgan fingerprint density at radius 1 is 1.38 bits per heavy atom. The molecular formula is C17H31N5OS. The number of rotatable bonds is 9. The van der Waals surface area contributed by atoms with Gasteiger partial charge in [-0.15, -0.1) is 5.10 Å². The van der Waals surface area contributed by atoms with Crippen molar-refractivity contribution in [3.63, 3.8) is 0 Å². The lowest BCUT2D eigenvalue weighted by Crippen LogP contribution is -2.37. The molecule has 1 aromatic rings. The van der Waals surface area contributed by atoms with E-state index >= 15 is 0 Å². The summed E-state index contributed by atoms with van der Waals surface area (Å²) >= 11 is 1.91. The quantitative estimate of drug-likeness (QED) is 0.739. The molecule has 0 aliphatic heterocycles. The van der Waals surface area contributed by atoms with Crippen molar-refractivity contribution in [3.05, 3.63) is 5.82 Å². The number of hydrogen-bond acceptors (Lipinski definition) is 5. The highest BCUT2D eigenvalue weighted by Gasteiger charge is 2.19. The first-order chi connectivity index (χ1) is 11.6. The Kier molecular flexibility index (Phi) is 8.02. The number of nitrogens with zero attached hydrogens (tertiary/aromatic N) is 4. The molecule has 7 heteroatoms. The van der Waals surface area contributed by atoms with Crippen molar-refractivity contribution in [2.75, 3.05) is 5.75 Å². The second-order valence-electron chi connectivity index (χ2n) is 7.00. The second kappa shape index (κ2) is 10.0. The molecule has 0 radical (unpaired) electrons. The first-order valence-corrected chi connectivity index (χ1v) is 10.3. The Labute approximate surface area is 149 Å². The number of carbonyl (C=O) groups is 1. The van der Waals surface area contributed by atoms with Gasteiger partial charge in [-0.05, 0) is 41.4 Å². The molecule has 1 fully saturated rings. The monoisotopic (exact) mass is 353 g/mol. The molecule has 1 amide bonds. The molecule has 0 saturated heterocycles. The van der Waals surface area contributed by atoms with Gasteiger partial charge in [-0.3, -0.25) is 4.79 Å². The molecule has 24 heavy (non-hydrogen) atoms. The molecule has 2 rings (SSSR count). The molecule has 136 valence electrons. The van der Waals surface area contributed by atoms with Gasteiger partial charge >= 0.3 is 0 Å². The Balaban J connectivity index is 1.68. The fraction of sp³-hybridized carbons (Fsp3) is 0.882. The maximum Gasteiger partial charge on any atom is 0.221 e. The molecular weight excluding hydrogens is 322 g/mol. The van der Waals surface area contributed by atoms with E-state index < -0.39 is 0 Å². The third-order valence-electron chi connectivity index (χ3n) is 4.69. The third kappa shape index (κ3) is 6.42. The summed E-state index contributed by atoms with van der Waals surface area (Å²) in [5.74, 6) is 2.68. The van der Waals surface area contributed by atoms with Crippen LogP contribution in [-0.4, -0.2) is 43.2 Å². The minimum atomic E-state index is 0.228. The average molecular weight is 354 g/mol. The van der Waals surface area contributed by atoms with Gasteiger partial charge < -0.3 is 5.32 Å². The van der Waals surface area contributed by atoms with Crippen LogP contribution in [0.2, 0.25) is 0 Å². The topological polar surface area (TPSA) is 72.7 Å². The standard InChI is InChI=1S/C17H31N5OS/c1-4-15(11-17(23)18-14-8-6-5-7-9-14)24-12-13(2)10-16-19-20-21-22(16)3/h13-15H,4-12H2,1-3H3,(H,18,23). The highest BCUT2D eigenvalue weighted by Crippen LogP contribution is 2.23. The first-order valence-electron chi connectivity index (χ1n) is 9.20. The maximum atomic E-state index is 12.3. The Morgan fingerprint density at radius 3 is 2.75 bits per heavy atom. The summed E-state index contributed by atoms with van der Waals surface area (Å²) < 4.78 is 1.73. The maximum absolute atomic E-state index is 12.3. The van der Waals surface area contributed by atoms with E-state index in [1.165, 1.54) is 19.3 Å². The van der Waals surface area contributed by atoms with Crippen molar-refractivity contribution in [2.45, 2.75) is 76.5 Å². The fourth-order valence-corrected chi connectivity index (χ4v) is 4.38. The smallest absolute Gasteiger partial charge is 0.221 e. The van der Waals surface area contributed by atoms with Crippen LogP contribution in [0.3, 0.4) is 0 Å². The van der Waals surface area contributed by atoms with Crippen LogP contribution in [0.1, 0.15) is 64.6 Å². The molecule has 0 aromatic carbocycles. The van der Waals surface area contributed by atoms with Crippen molar-refractivity contribution in [1.82, 2.24) is 25.5 Å². The van der Waals surface area contributed by atoms with Gasteiger partial charge in [0.1, 0.15) is 0 Å². The predicted octanol–water partition coefficient (Wildman–Crippen LogP) is 2.74. The minimum absolute atomic E-state index is 0.228. The lowest BCUT2D eigenvalue weighted by atomic mass is 9.95. The van der Waals surface area contributed by atoms with Crippen molar-refractivity contribution < 1.29 is 4.79 Å². The van der Waals surface area contributed by atoms with Crippen LogP contribution in [0.15, 0.2) is 0 Å². The van der Waals surface area contributed by atoms with Crippen molar-refractivity contribution in [3.8, 4) is 0 Å². The van der Waals surface area contributed by atoms with Crippen LogP contribution in [-0.2, 0) is 18.3 Å². The molecule has 1 heterocycles. The van der Waals surface area contributed by atoms with Gasteiger partial charge in [0.25, 0.3) is 0 Å². The first kappa shape index (κ1) is 19.2. The number of aromatic nitrogens is 4. The lowest BCUT2D eigenvalue weighted by molar-refractivity contribution is -0.122. The van der Waals surface area contributed by atoms with E-state index in [1.807, 2.05) is 18.8 Å². The van der Waals surface area contributed by atoms with Crippen LogP contribution >= 0.6 is 11.8 Å². The van der Waals surface area contributed by atoms with Gasteiger partial charge in [-0.1, -0.05) is 33.1 Å². The molecule has 2 atom stereocenters. The second-order valence-corrected chi connectivity index (χ2v) is 8.33. The third-order valence-corrected chi connectivity index (χ3v) is 6.43. The summed E-state index contributed by atoms with van der Waals surface area (Å²) in [6, 6.07) is 0.413. The molecule has 0 spiro atoms. The zero-order valence-corrected chi connectivity index (χ0v) is 16.0. The van der Waals surface area contributed by atoms with Crippen LogP contribution in [0, 0.1) is 5.92 Å². The number of carbonyl (C=O) groups excluding carboxylic acids is 1. The van der Waals surface area contributed by atoms with E-state index in [-0.39, 0.29) is 5.91 Å². The van der Waals surface area contributed by atoms with E-state index in [4.69, 9.17) is 0 Å². The van der Waals surface area contributed by atoms with Crippen LogP contribution in [0.25, 0.3) is 0 Å². The minimum Gasteiger partial charge on any atom is -0.353 e. The van der Waals surface area contributed by atoms with E-state index in [2.05, 4.69) is 34.7 Å². The van der Waals surface area contributed by atoms with E-state index in [1.54, 1.807) is 4.68 Å². The van der Waals surface area contributed by atoms with Crippen molar-refractivity contribution >= 4 is 17.7 Å². The number of aryl methyl sites for hydroxylation is 1. The van der Waals surface area contributed by atoms with Gasteiger partial charge in [-0.25, -0.2) is 4.68 Å². The number of amides is 1. The zero-order valence-electron chi connectivity index (χ0n) is 15.2. The average Bonchev–Trinajstić information content (AvgIpc) is 2.97. The van der Waals surface area contributed by atoms with Crippen LogP contribution < -0.4 is 5.32 Å². The summed E-state index contributed by atoms with van der Waals surface area (Å²) in [7, 11) is 1.87. The van der Waals surface area contributed by atoms with Crippen molar-refractivity contribution in [1.29, 1.82) is 0 Å². The van der Waals surface area contributed by atoms with E-state index in [0.717, 1.165) is 37.3 Å². The Bertz CT molecular complexity index is 501. The van der Waals surface area contributed by atoms with Crippen LogP contribution in [0.4, 0.5) is 0 Å². The number of hydrogen-bond donors (Lipinski definition) is 1. The highest BCUT2D eigenvalue weighted by atomic mass is 32.2. The molecule has 2 unspecified atom stereocenters. The van der Waals surface area contributed by atoms with E-state index in [0.29, 0.717) is 23.6 Å². The van der Waals surface area contributed by atoms with E-state index in [9.17, 15) is 4.79 Å². The molecule has 1 N–H and O–H groups in total.